The highest BCUT2D eigenvalue weighted by Gasteiger charge is 2.41. The molecule has 34 heteroatoms. The third-order valence-corrected chi connectivity index (χ3v) is 13.3. The molecule has 1 aromatic carbocycles. The van der Waals surface area contributed by atoms with E-state index in [0.29, 0.717) is 5.56 Å². The number of amides is 8. The number of unbranched alkanes of at least 4 members (excludes halogenated alkanes) is 1. The van der Waals surface area contributed by atoms with Crippen LogP contribution in [0.25, 0.3) is 0 Å². The van der Waals surface area contributed by atoms with Crippen molar-refractivity contribution in [3.05, 3.63) is 35.9 Å². The van der Waals surface area contributed by atoms with Crippen LogP contribution in [0.1, 0.15) is 109 Å². The summed E-state index contributed by atoms with van der Waals surface area (Å²) in [5.74, 6) is -14.6. The highest BCUT2D eigenvalue weighted by atomic mass is 31.2. The minimum absolute atomic E-state index is 0.0146. The number of phosphoric ester groups is 1. The Morgan fingerprint density at radius 2 is 1.11 bits per heavy atom. The Balaban J connectivity index is 2.53. The van der Waals surface area contributed by atoms with Gasteiger partial charge in [0.2, 0.25) is 47.3 Å². The highest BCUT2D eigenvalue weighted by Crippen LogP contribution is 2.35. The summed E-state index contributed by atoms with van der Waals surface area (Å²) in [5.41, 5.74) is 22.8. The number of rotatable bonds is 40. The van der Waals surface area contributed by atoms with Gasteiger partial charge in [-0.15, -0.1) is 0 Å². The van der Waals surface area contributed by atoms with Gasteiger partial charge in [0.05, 0.1) is 12.6 Å². The zero-order valence-electron chi connectivity index (χ0n) is 46.6. The van der Waals surface area contributed by atoms with E-state index < -0.39 is 178 Å². The Kier molecular flexibility index (Phi) is 31.6. The van der Waals surface area contributed by atoms with Gasteiger partial charge < -0.3 is 95.3 Å². The zero-order valence-corrected chi connectivity index (χ0v) is 47.5. The van der Waals surface area contributed by atoms with E-state index in [1.165, 1.54) is 0 Å². The average molecular weight is 1210 g/mol. The Morgan fingerprint density at radius 1 is 0.631 bits per heavy atom. The number of carbonyl (C=O) groups excluding carboxylic acids is 8. The molecular weight excluding hydrogens is 1130 g/mol. The second kappa shape index (κ2) is 36.7. The van der Waals surface area contributed by atoms with Crippen LogP contribution < -0.4 is 60.2 Å². The van der Waals surface area contributed by atoms with Crippen LogP contribution >= 0.6 is 7.82 Å². The molecular formula is C50H80N13O20P. The predicted molar refractivity (Wildman–Crippen MR) is 295 cm³/mol. The molecule has 470 valence electrons. The van der Waals surface area contributed by atoms with Crippen molar-refractivity contribution in [2.24, 2.45) is 33.8 Å². The molecule has 0 spiro atoms. The number of nitrogens with zero attached hydrogens (tertiary/aromatic N) is 2. The number of carbonyl (C=O) groups is 12. The zero-order chi connectivity index (χ0) is 63.3. The summed E-state index contributed by atoms with van der Waals surface area (Å²) in [6.45, 7) is 2.16. The summed E-state index contributed by atoms with van der Waals surface area (Å²) in [5, 5.41) is 54.7. The smallest absolute Gasteiger partial charge is 0.469 e. The molecule has 33 nitrogen and oxygen atoms in total. The maximum Gasteiger partial charge on any atom is 0.469 e. The van der Waals surface area contributed by atoms with Crippen LogP contribution in [0.3, 0.4) is 0 Å². The standard InChI is InChI=1S/C50H80N13O20P/c1-27(2)24-35(49(78)79)61-44(73)32(16-19-39(66)67)58-47(76)37-14-9-23-63(37)48(77)33(17-20-40(68)69)59-42(71)30(13-6-7-21-51)57-46(75)36(26-83-84(80,81)82)62-45(74)34(25-28-10-4-3-5-11-28)60-43(72)31(15-18-38(64)65)56-41(70)29(52)12-8-22-55-50(53)54/h3-5,10-11,27,29-37H,6-9,12-26,51-52H2,1-2H3,(H,56,70)(H,57,75)(H,58,76)(H,59,71)(H,60,72)(H,61,73)(H,62,74)(H,64,65)(H,66,67)(H,68,69)(H,78,79)(H4,53,54,55)(H2,80,81,82)/t29-,30-,31-,32-,33-,34-,35-,36-,37-/m0/s1. The number of hydrogen-bond donors (Lipinski definition) is 17. The van der Waals surface area contributed by atoms with E-state index in [-0.39, 0.29) is 89.3 Å². The van der Waals surface area contributed by atoms with Gasteiger partial charge in [-0.2, -0.15) is 0 Å². The summed E-state index contributed by atoms with van der Waals surface area (Å²) in [6.07, 6.45) is -3.52. The van der Waals surface area contributed by atoms with Crippen LogP contribution in [0.15, 0.2) is 35.3 Å². The van der Waals surface area contributed by atoms with Gasteiger partial charge in [-0.1, -0.05) is 44.2 Å². The maximum atomic E-state index is 14.4. The first-order chi connectivity index (χ1) is 39.4. The first kappa shape index (κ1) is 72.3. The third-order valence-electron chi connectivity index (χ3n) is 12.8. The molecule has 0 unspecified atom stereocenters. The van der Waals surface area contributed by atoms with Crippen molar-refractivity contribution < 1.29 is 96.8 Å². The van der Waals surface area contributed by atoms with E-state index in [2.05, 4.69) is 46.7 Å². The summed E-state index contributed by atoms with van der Waals surface area (Å²) < 4.78 is 16.6. The molecule has 0 radical (unpaired) electrons. The number of nitrogens with two attached hydrogens (primary N) is 4. The fourth-order valence-electron chi connectivity index (χ4n) is 8.53. The van der Waals surface area contributed by atoms with E-state index in [4.69, 9.17) is 22.9 Å². The fourth-order valence-corrected chi connectivity index (χ4v) is 8.87. The fraction of sp³-hybridized carbons (Fsp3) is 0.620. The van der Waals surface area contributed by atoms with Gasteiger partial charge in [0.1, 0.15) is 48.3 Å². The van der Waals surface area contributed by atoms with Gasteiger partial charge in [0.15, 0.2) is 5.96 Å². The largest absolute Gasteiger partial charge is 0.481 e. The van der Waals surface area contributed by atoms with Crippen molar-refractivity contribution in [2.45, 2.75) is 165 Å². The molecule has 1 fully saturated rings. The summed E-state index contributed by atoms with van der Waals surface area (Å²) in [6, 6.07) is -6.58. The number of likely N-dealkylation sites (tertiary alicyclic amines) is 1. The number of benzene rings is 1. The molecule has 21 N–H and O–H groups in total. The van der Waals surface area contributed by atoms with Crippen LogP contribution in [-0.2, 0) is 73.0 Å². The number of nitrogens with one attached hydrogen (secondary N) is 7. The first-order valence-electron chi connectivity index (χ1n) is 27.0. The second-order valence-electron chi connectivity index (χ2n) is 20.2. The third kappa shape index (κ3) is 28.0. The Morgan fingerprint density at radius 3 is 1.63 bits per heavy atom. The molecule has 9 atom stereocenters. The van der Waals surface area contributed by atoms with Gasteiger partial charge in [-0.05, 0) is 88.7 Å². The Hall–Kier alpha value is -7.84. The van der Waals surface area contributed by atoms with Gasteiger partial charge in [0.25, 0.3) is 0 Å². The molecule has 1 heterocycles. The van der Waals surface area contributed by atoms with Crippen molar-refractivity contribution in [1.29, 1.82) is 0 Å². The van der Waals surface area contributed by atoms with Crippen LogP contribution in [0.4, 0.5) is 0 Å². The number of carboxylic acid groups (broad SMARTS) is 4. The lowest BCUT2D eigenvalue weighted by Crippen LogP contribution is -2.61. The molecule has 1 saturated heterocycles. The molecule has 0 aromatic heterocycles. The number of aliphatic carboxylic acids is 4. The van der Waals surface area contributed by atoms with Crippen LogP contribution in [0, 0.1) is 5.92 Å². The van der Waals surface area contributed by atoms with Gasteiger partial charge in [0, 0.05) is 38.8 Å². The molecule has 1 aromatic rings. The summed E-state index contributed by atoms with van der Waals surface area (Å²) in [7, 11) is -5.44. The van der Waals surface area contributed by atoms with Crippen LogP contribution in [-0.4, -0.2) is 193 Å². The lowest BCUT2D eigenvalue weighted by atomic mass is 10.0. The molecule has 0 aliphatic carbocycles. The quantitative estimate of drug-likeness (QED) is 0.0129. The van der Waals surface area contributed by atoms with E-state index in [9.17, 15) is 92.3 Å². The molecule has 0 saturated carbocycles. The van der Waals surface area contributed by atoms with E-state index >= 15 is 0 Å². The number of guanidine groups is 1. The van der Waals surface area contributed by atoms with Crippen molar-refractivity contribution in [2.75, 3.05) is 26.2 Å². The van der Waals surface area contributed by atoms with Gasteiger partial charge in [-0.3, -0.25) is 62.3 Å². The maximum absolute atomic E-state index is 14.4. The molecule has 1 aliphatic rings. The monoisotopic (exact) mass is 1210 g/mol. The van der Waals surface area contributed by atoms with Crippen LogP contribution in [0.5, 0.6) is 0 Å². The summed E-state index contributed by atoms with van der Waals surface area (Å²) >= 11 is 0. The van der Waals surface area contributed by atoms with E-state index in [1.54, 1.807) is 44.2 Å². The van der Waals surface area contributed by atoms with Gasteiger partial charge >= 0.3 is 31.7 Å². The minimum Gasteiger partial charge on any atom is -0.481 e. The van der Waals surface area contributed by atoms with Crippen molar-refractivity contribution in [3.8, 4) is 0 Å². The number of carboxylic acids is 4. The molecule has 84 heavy (non-hydrogen) atoms. The van der Waals surface area contributed by atoms with E-state index in [1.807, 2.05) is 0 Å². The normalized spacial score (nSPS) is 15.9. The molecule has 0 bridgehead atoms. The van der Waals surface area contributed by atoms with E-state index in [0.717, 1.165) is 4.90 Å². The summed E-state index contributed by atoms with van der Waals surface area (Å²) in [4.78, 5) is 183. The molecule has 2 rings (SSSR count). The Labute approximate surface area is 483 Å². The SMILES string of the molecule is CC(C)C[C@H](NC(=O)[C@H](CCC(=O)O)NC(=O)[C@@H]1CCCN1C(=O)[C@H](CCC(=O)O)NC(=O)[C@H](CCCCN)NC(=O)[C@H](COP(=O)(O)O)NC(=O)[C@H](Cc1ccccc1)NC(=O)[C@H](CCC(=O)O)NC(=O)[C@@H](N)CCCN=C(N)N)C(=O)O. The van der Waals surface area contributed by atoms with Crippen molar-refractivity contribution >= 4 is 84.9 Å². The minimum atomic E-state index is -5.44. The Bertz CT molecular complexity index is 2520. The van der Waals surface area contributed by atoms with Crippen LogP contribution in [0.2, 0.25) is 0 Å². The first-order valence-corrected chi connectivity index (χ1v) is 28.5. The topological polar surface area (TPSA) is 556 Å². The van der Waals surface area contributed by atoms with Crippen molar-refractivity contribution in [1.82, 2.24) is 42.1 Å². The lowest BCUT2D eigenvalue weighted by Gasteiger charge is -2.31. The number of phosphoric acid groups is 1. The van der Waals surface area contributed by atoms with Gasteiger partial charge in [-0.25, -0.2) is 9.36 Å². The molecule has 1 aliphatic heterocycles. The number of hydrogen-bond acceptors (Lipinski definition) is 17. The second-order valence-corrected chi connectivity index (χ2v) is 21.4. The average Bonchev–Trinajstić information content (AvgIpc) is 3.96. The highest BCUT2D eigenvalue weighted by molar-refractivity contribution is 7.46. The number of aliphatic imine (C=N–C) groups is 1. The lowest BCUT2D eigenvalue weighted by molar-refractivity contribution is -0.145. The predicted octanol–water partition coefficient (Wildman–Crippen LogP) is -4.04. The molecule has 8 amide bonds. The van der Waals surface area contributed by atoms with Crippen molar-refractivity contribution in [3.63, 3.8) is 0 Å².